The van der Waals surface area contributed by atoms with Gasteiger partial charge in [-0.25, -0.2) is 0 Å². The van der Waals surface area contributed by atoms with E-state index in [-0.39, 0.29) is 16.9 Å². The first-order valence-corrected chi connectivity index (χ1v) is 9.76. The van der Waals surface area contributed by atoms with Gasteiger partial charge >= 0.3 is 0 Å². The first kappa shape index (κ1) is 14.7. The Bertz CT molecular complexity index is 621. The fourth-order valence-electron chi connectivity index (χ4n) is 8.16. The molecule has 0 radical (unpaired) electrons. The Kier molecular flexibility index (Phi) is 2.63. The molecule has 0 aromatic carbocycles. The number of hydrogen-bond acceptors (Lipinski definition) is 2. The third-order valence-corrected chi connectivity index (χ3v) is 9.40. The topological polar surface area (TPSA) is 37.3 Å². The zero-order valence-corrected chi connectivity index (χ0v) is 14.8. The minimum Gasteiger partial charge on any atom is -0.393 e. The van der Waals surface area contributed by atoms with Crippen LogP contribution >= 0.6 is 0 Å². The summed E-state index contributed by atoms with van der Waals surface area (Å²) < 4.78 is 0. The lowest BCUT2D eigenvalue weighted by molar-refractivity contribution is -0.122. The Labute approximate surface area is 139 Å². The molecule has 126 valence electrons. The van der Waals surface area contributed by atoms with Gasteiger partial charge in [0.1, 0.15) is 0 Å². The Morgan fingerprint density at radius 1 is 1.17 bits per heavy atom. The van der Waals surface area contributed by atoms with Gasteiger partial charge in [0.15, 0.2) is 5.78 Å². The number of carbonyl (C=O) groups excluding carboxylic acids is 1. The lowest BCUT2D eigenvalue weighted by Gasteiger charge is -2.60. The highest BCUT2D eigenvalue weighted by molar-refractivity contribution is 5.91. The first-order valence-electron chi connectivity index (χ1n) is 9.76. The molecule has 0 aliphatic heterocycles. The fourth-order valence-corrected chi connectivity index (χ4v) is 8.16. The van der Waals surface area contributed by atoms with Gasteiger partial charge in [-0.2, -0.15) is 0 Å². The molecule has 0 aromatic rings. The third kappa shape index (κ3) is 1.49. The molecule has 8 atom stereocenters. The van der Waals surface area contributed by atoms with Crippen LogP contribution in [0.4, 0.5) is 0 Å². The van der Waals surface area contributed by atoms with Crippen molar-refractivity contribution in [2.75, 3.05) is 0 Å². The second-order valence-corrected chi connectivity index (χ2v) is 9.98. The van der Waals surface area contributed by atoms with Crippen molar-refractivity contribution in [1.82, 2.24) is 0 Å². The summed E-state index contributed by atoms with van der Waals surface area (Å²) >= 11 is 0. The molecule has 5 rings (SSSR count). The van der Waals surface area contributed by atoms with E-state index in [1.165, 1.54) is 31.3 Å². The van der Waals surface area contributed by atoms with E-state index in [2.05, 4.69) is 20.8 Å². The van der Waals surface area contributed by atoms with E-state index in [1.807, 2.05) is 6.08 Å². The summed E-state index contributed by atoms with van der Waals surface area (Å²) in [6.45, 7) is 7.20. The van der Waals surface area contributed by atoms with Gasteiger partial charge in [0.25, 0.3) is 0 Å². The molecule has 5 aliphatic carbocycles. The van der Waals surface area contributed by atoms with Gasteiger partial charge in [-0.1, -0.05) is 26.3 Å². The Balaban J connectivity index is 1.60. The van der Waals surface area contributed by atoms with Crippen LogP contribution in [0.25, 0.3) is 0 Å². The molecular weight excluding hydrogens is 284 g/mol. The molecule has 0 bridgehead atoms. The summed E-state index contributed by atoms with van der Waals surface area (Å²) in [6, 6.07) is 0. The largest absolute Gasteiger partial charge is 0.393 e. The van der Waals surface area contributed by atoms with E-state index >= 15 is 0 Å². The zero-order valence-electron chi connectivity index (χ0n) is 14.8. The third-order valence-electron chi connectivity index (χ3n) is 9.40. The summed E-state index contributed by atoms with van der Waals surface area (Å²) in [5.41, 5.74) is 2.30. The predicted molar refractivity (Wildman–Crippen MR) is 89.7 cm³/mol. The van der Waals surface area contributed by atoms with Crippen molar-refractivity contribution in [2.45, 2.75) is 71.8 Å². The van der Waals surface area contributed by atoms with E-state index in [0.717, 1.165) is 37.0 Å². The average molecular weight is 314 g/mol. The number of allylic oxidation sites excluding steroid dienone is 1. The Morgan fingerprint density at radius 3 is 2.74 bits per heavy atom. The smallest absolute Gasteiger partial charge is 0.155 e. The fraction of sp³-hybridized carbons (Fsp3) is 0.857. The molecule has 4 saturated carbocycles. The van der Waals surface area contributed by atoms with Crippen molar-refractivity contribution in [2.24, 2.45) is 39.9 Å². The van der Waals surface area contributed by atoms with Crippen LogP contribution in [0.1, 0.15) is 65.7 Å². The highest BCUT2D eigenvalue weighted by Gasteiger charge is 2.78. The van der Waals surface area contributed by atoms with Gasteiger partial charge in [0.2, 0.25) is 0 Å². The van der Waals surface area contributed by atoms with Gasteiger partial charge in [-0.3, -0.25) is 4.79 Å². The first-order chi connectivity index (χ1) is 10.8. The van der Waals surface area contributed by atoms with Gasteiger partial charge in [0.05, 0.1) is 6.10 Å². The number of aliphatic hydroxyl groups excluding tert-OH is 1. The number of aliphatic hydroxyl groups is 1. The van der Waals surface area contributed by atoms with E-state index in [9.17, 15) is 9.90 Å². The predicted octanol–water partition coefficient (Wildman–Crippen LogP) is 4.13. The number of ketones is 1. The maximum atomic E-state index is 12.0. The lowest BCUT2D eigenvalue weighted by Crippen LogP contribution is -2.55. The van der Waals surface area contributed by atoms with Crippen molar-refractivity contribution in [1.29, 1.82) is 0 Å². The second kappa shape index (κ2) is 4.12. The highest BCUT2D eigenvalue weighted by atomic mass is 16.3. The van der Waals surface area contributed by atoms with Crippen molar-refractivity contribution in [3.05, 3.63) is 11.6 Å². The van der Waals surface area contributed by atoms with E-state index < -0.39 is 0 Å². The van der Waals surface area contributed by atoms with Gasteiger partial charge in [-0.15, -0.1) is 0 Å². The van der Waals surface area contributed by atoms with Crippen molar-refractivity contribution >= 4 is 5.78 Å². The number of hydrogen-bond donors (Lipinski definition) is 1. The monoisotopic (exact) mass is 314 g/mol. The van der Waals surface area contributed by atoms with Crippen LogP contribution in [-0.2, 0) is 4.79 Å². The maximum Gasteiger partial charge on any atom is 0.155 e. The average Bonchev–Trinajstić information content (AvgIpc) is 3.16. The molecule has 5 aliphatic rings. The van der Waals surface area contributed by atoms with Crippen LogP contribution in [0.15, 0.2) is 11.6 Å². The summed E-state index contributed by atoms with van der Waals surface area (Å²) in [5, 5.41) is 10.7. The minimum atomic E-state index is -0.0739. The number of fused-ring (bicyclic) bond motifs is 3. The molecule has 0 saturated heterocycles. The van der Waals surface area contributed by atoms with Gasteiger partial charge in [0, 0.05) is 6.42 Å². The minimum absolute atomic E-state index is 0.0739. The molecule has 1 spiro atoms. The van der Waals surface area contributed by atoms with Gasteiger partial charge in [-0.05, 0) is 84.5 Å². The van der Waals surface area contributed by atoms with Crippen LogP contribution in [0.3, 0.4) is 0 Å². The van der Waals surface area contributed by atoms with Crippen LogP contribution in [-0.4, -0.2) is 17.0 Å². The molecule has 2 nitrogen and oxygen atoms in total. The van der Waals surface area contributed by atoms with Crippen LogP contribution < -0.4 is 0 Å². The molecule has 1 N–H and O–H groups in total. The normalized spacial score (nSPS) is 60.3. The summed E-state index contributed by atoms with van der Waals surface area (Å²) in [6.07, 6.45) is 9.85. The van der Waals surface area contributed by atoms with Crippen molar-refractivity contribution < 1.29 is 9.90 Å². The molecular formula is C21H30O2. The van der Waals surface area contributed by atoms with E-state index in [0.29, 0.717) is 17.1 Å². The standard InChI is InChI=1S/C21H30O2/c1-12-8-17-15(19(2)6-4-14(22)10-16(12)19)5-7-20(3)18(23)9-13-11-21(13,17)20/h10,12-13,15,17-18,23H,4-9,11H2,1-3H3/t12-,13-,15-,17+,18+,19+,20+,21+/m0/s1. The van der Waals surface area contributed by atoms with Crippen LogP contribution in [0.2, 0.25) is 0 Å². The highest BCUT2D eigenvalue weighted by Crippen LogP contribution is 2.82. The Morgan fingerprint density at radius 2 is 1.96 bits per heavy atom. The maximum absolute atomic E-state index is 12.0. The molecule has 2 heteroatoms. The molecule has 0 unspecified atom stereocenters. The molecule has 0 aromatic heterocycles. The molecule has 23 heavy (non-hydrogen) atoms. The van der Waals surface area contributed by atoms with Crippen LogP contribution in [0, 0.1) is 39.9 Å². The van der Waals surface area contributed by atoms with Crippen molar-refractivity contribution in [3.8, 4) is 0 Å². The quantitative estimate of drug-likeness (QED) is 0.730. The zero-order chi connectivity index (χ0) is 16.2. The summed E-state index contributed by atoms with van der Waals surface area (Å²) in [7, 11) is 0. The van der Waals surface area contributed by atoms with Crippen LogP contribution in [0.5, 0.6) is 0 Å². The lowest BCUT2D eigenvalue weighted by atomic mass is 9.44. The van der Waals surface area contributed by atoms with Gasteiger partial charge < -0.3 is 5.11 Å². The SMILES string of the molecule is C[C@H]1C[C@@H]2[C@H](CC[C@]3(C)[C@H](O)C[C@H]4C[C@@]423)[C@@]2(C)CCC(=O)C=C12. The molecule has 4 fully saturated rings. The molecule has 0 amide bonds. The number of rotatable bonds is 0. The summed E-state index contributed by atoms with van der Waals surface area (Å²) in [5.74, 6) is 3.18. The second-order valence-electron chi connectivity index (χ2n) is 9.98. The molecule has 0 heterocycles. The summed E-state index contributed by atoms with van der Waals surface area (Å²) in [4.78, 5) is 12.0. The van der Waals surface area contributed by atoms with E-state index in [4.69, 9.17) is 0 Å². The number of carbonyl (C=O) groups is 1. The Hall–Kier alpha value is -0.630. The van der Waals surface area contributed by atoms with E-state index in [1.54, 1.807) is 0 Å². The van der Waals surface area contributed by atoms with Crippen molar-refractivity contribution in [3.63, 3.8) is 0 Å².